The lowest BCUT2D eigenvalue weighted by Crippen LogP contribution is -2.50. The molecule has 1 fully saturated rings. The molecule has 0 N–H and O–H groups in total. The molecular formula is C24H26N4O4. The number of anilines is 1. The summed E-state index contributed by atoms with van der Waals surface area (Å²) in [6.07, 6.45) is 1.53. The molecule has 2 aromatic heterocycles. The second-order valence-corrected chi connectivity index (χ2v) is 8.11. The van der Waals surface area contributed by atoms with Crippen molar-refractivity contribution >= 4 is 11.8 Å². The van der Waals surface area contributed by atoms with Crippen LogP contribution in [0.4, 0.5) is 5.88 Å². The summed E-state index contributed by atoms with van der Waals surface area (Å²) in [4.78, 5) is 20.7. The number of carbonyl (C=O) groups is 1. The summed E-state index contributed by atoms with van der Waals surface area (Å²) in [6, 6.07) is 11.6. The number of ether oxygens (including phenoxy) is 1. The summed E-state index contributed by atoms with van der Waals surface area (Å²) in [7, 11) is 0. The Morgan fingerprint density at radius 1 is 1.25 bits per heavy atom. The molecule has 166 valence electrons. The maximum Gasteiger partial charge on any atom is 0.266 e. The lowest BCUT2D eigenvalue weighted by Gasteiger charge is -2.34. The summed E-state index contributed by atoms with van der Waals surface area (Å²) in [6.45, 7) is 8.31. The van der Waals surface area contributed by atoms with Gasteiger partial charge in [0.25, 0.3) is 11.8 Å². The highest BCUT2D eigenvalue weighted by molar-refractivity contribution is 5.78. The van der Waals surface area contributed by atoms with E-state index in [1.807, 2.05) is 17.9 Å². The maximum absolute atomic E-state index is 12.7. The van der Waals surface area contributed by atoms with Gasteiger partial charge in [0.05, 0.1) is 6.26 Å². The van der Waals surface area contributed by atoms with Crippen molar-refractivity contribution < 1.29 is 18.4 Å². The van der Waals surface area contributed by atoms with Gasteiger partial charge in [0, 0.05) is 26.2 Å². The molecule has 1 saturated heterocycles. The van der Waals surface area contributed by atoms with E-state index >= 15 is 0 Å². The number of oxazole rings is 1. The van der Waals surface area contributed by atoms with Gasteiger partial charge in [-0.2, -0.15) is 10.2 Å². The lowest BCUT2D eigenvalue weighted by molar-refractivity contribution is -0.133. The van der Waals surface area contributed by atoms with Crippen LogP contribution in [-0.2, 0) is 4.79 Å². The minimum Gasteiger partial charge on any atom is -0.483 e. The number of benzene rings is 1. The first-order chi connectivity index (χ1) is 15.5. The molecule has 1 aliphatic heterocycles. The van der Waals surface area contributed by atoms with Gasteiger partial charge in [-0.25, -0.2) is 0 Å². The van der Waals surface area contributed by atoms with E-state index in [0.717, 1.165) is 16.9 Å². The third kappa shape index (κ3) is 4.47. The number of rotatable bonds is 6. The molecule has 1 amide bonds. The van der Waals surface area contributed by atoms with Crippen LogP contribution in [0.25, 0.3) is 11.7 Å². The second kappa shape index (κ2) is 9.18. The molecule has 32 heavy (non-hydrogen) atoms. The van der Waals surface area contributed by atoms with Crippen LogP contribution in [0.15, 0.2) is 45.4 Å². The van der Waals surface area contributed by atoms with E-state index in [9.17, 15) is 10.1 Å². The van der Waals surface area contributed by atoms with Gasteiger partial charge in [-0.05, 0) is 42.2 Å². The van der Waals surface area contributed by atoms with Crippen LogP contribution in [0.1, 0.15) is 36.6 Å². The molecule has 0 saturated carbocycles. The van der Waals surface area contributed by atoms with Crippen LogP contribution in [0.2, 0.25) is 0 Å². The molecule has 0 bridgehead atoms. The van der Waals surface area contributed by atoms with Gasteiger partial charge >= 0.3 is 0 Å². The molecule has 0 spiro atoms. The fraction of sp³-hybridized carbons (Fsp3) is 0.375. The Bertz CT molecular complexity index is 1120. The number of furan rings is 1. The monoisotopic (exact) mass is 434 g/mol. The Morgan fingerprint density at radius 3 is 2.69 bits per heavy atom. The summed E-state index contributed by atoms with van der Waals surface area (Å²) < 4.78 is 17.0. The van der Waals surface area contributed by atoms with Crippen LogP contribution < -0.4 is 9.64 Å². The smallest absolute Gasteiger partial charge is 0.266 e. The van der Waals surface area contributed by atoms with Crippen molar-refractivity contribution in [1.82, 2.24) is 9.88 Å². The zero-order chi connectivity index (χ0) is 22.7. The van der Waals surface area contributed by atoms with Crippen molar-refractivity contribution in [3.63, 3.8) is 0 Å². The van der Waals surface area contributed by atoms with Crippen LogP contribution >= 0.6 is 0 Å². The van der Waals surface area contributed by atoms with Crippen LogP contribution in [0.5, 0.6) is 5.75 Å². The van der Waals surface area contributed by atoms with E-state index < -0.39 is 0 Å². The van der Waals surface area contributed by atoms with Gasteiger partial charge < -0.3 is 23.4 Å². The maximum atomic E-state index is 12.7. The topological polar surface area (TPSA) is 95.7 Å². The average Bonchev–Trinajstić information content (AvgIpc) is 3.47. The van der Waals surface area contributed by atoms with Gasteiger partial charge in [-0.15, -0.1) is 0 Å². The van der Waals surface area contributed by atoms with E-state index in [2.05, 4.69) is 37.0 Å². The normalized spacial score (nSPS) is 14.0. The molecule has 1 aromatic carbocycles. The van der Waals surface area contributed by atoms with Crippen molar-refractivity contribution in [2.45, 2.75) is 26.7 Å². The summed E-state index contributed by atoms with van der Waals surface area (Å²) in [5.41, 5.74) is 2.40. The zero-order valence-corrected chi connectivity index (χ0v) is 18.5. The molecule has 3 heterocycles. The van der Waals surface area contributed by atoms with Gasteiger partial charge in [-0.3, -0.25) is 4.79 Å². The highest BCUT2D eigenvalue weighted by atomic mass is 16.5. The predicted octanol–water partition coefficient (Wildman–Crippen LogP) is 3.97. The minimum atomic E-state index is -0.0600. The van der Waals surface area contributed by atoms with E-state index in [-0.39, 0.29) is 24.1 Å². The van der Waals surface area contributed by atoms with Crippen molar-refractivity contribution in [3.8, 4) is 23.5 Å². The van der Waals surface area contributed by atoms with Crippen LogP contribution in [0.3, 0.4) is 0 Å². The molecular weight excluding hydrogens is 408 g/mol. The van der Waals surface area contributed by atoms with Gasteiger partial charge in [0.1, 0.15) is 11.8 Å². The SMILES string of the molecule is Cc1ccc(C(C)C)c(OCC(=O)N2CCN(c3oc(-c4ccco4)nc3C#N)CC2)c1. The van der Waals surface area contributed by atoms with Crippen LogP contribution in [-0.4, -0.2) is 48.6 Å². The fourth-order valence-electron chi connectivity index (χ4n) is 3.74. The molecule has 1 aliphatic rings. The van der Waals surface area contributed by atoms with E-state index in [1.165, 1.54) is 6.26 Å². The lowest BCUT2D eigenvalue weighted by atomic mass is 10.0. The van der Waals surface area contributed by atoms with E-state index in [0.29, 0.717) is 43.7 Å². The minimum absolute atomic E-state index is 0.00241. The Labute approximate surface area is 187 Å². The highest BCUT2D eigenvalue weighted by Gasteiger charge is 2.27. The molecule has 0 unspecified atom stereocenters. The molecule has 8 heteroatoms. The van der Waals surface area contributed by atoms with Gasteiger partial charge in [0.15, 0.2) is 12.4 Å². The second-order valence-electron chi connectivity index (χ2n) is 8.11. The van der Waals surface area contributed by atoms with Crippen molar-refractivity contribution in [3.05, 3.63) is 53.4 Å². The number of amides is 1. The zero-order valence-electron chi connectivity index (χ0n) is 18.5. The Morgan fingerprint density at radius 2 is 2.03 bits per heavy atom. The molecule has 3 aromatic rings. The number of aromatic nitrogens is 1. The van der Waals surface area contributed by atoms with Crippen LogP contribution in [0, 0.1) is 18.3 Å². The van der Waals surface area contributed by atoms with Crippen molar-refractivity contribution in [2.75, 3.05) is 37.7 Å². The van der Waals surface area contributed by atoms with Gasteiger partial charge in [0.2, 0.25) is 11.6 Å². The standard InChI is InChI=1S/C24H26N4O4/c1-16(2)18-7-6-17(3)13-21(18)31-15-22(29)27-8-10-28(11-9-27)24-19(14-25)26-23(32-24)20-5-4-12-30-20/h4-7,12-13,16H,8-11,15H2,1-3H3. The number of hydrogen-bond donors (Lipinski definition) is 0. The Hall–Kier alpha value is -3.73. The predicted molar refractivity (Wildman–Crippen MR) is 118 cm³/mol. The number of nitriles is 1. The number of piperazine rings is 1. The molecule has 8 nitrogen and oxygen atoms in total. The van der Waals surface area contributed by atoms with Gasteiger partial charge in [-0.1, -0.05) is 26.0 Å². The van der Waals surface area contributed by atoms with Crippen molar-refractivity contribution in [2.24, 2.45) is 0 Å². The van der Waals surface area contributed by atoms with E-state index in [1.54, 1.807) is 17.0 Å². The summed E-state index contributed by atoms with van der Waals surface area (Å²) in [5, 5.41) is 9.45. The van der Waals surface area contributed by atoms with Crippen molar-refractivity contribution in [1.29, 1.82) is 5.26 Å². The quantitative estimate of drug-likeness (QED) is 0.579. The Kier molecular flexibility index (Phi) is 6.17. The third-order valence-corrected chi connectivity index (χ3v) is 5.51. The average molecular weight is 434 g/mol. The number of hydrogen-bond acceptors (Lipinski definition) is 7. The van der Waals surface area contributed by atoms with E-state index in [4.69, 9.17) is 13.6 Å². The highest BCUT2D eigenvalue weighted by Crippen LogP contribution is 2.30. The molecule has 0 aliphatic carbocycles. The first kappa shape index (κ1) is 21.5. The largest absolute Gasteiger partial charge is 0.483 e. The fourth-order valence-corrected chi connectivity index (χ4v) is 3.74. The first-order valence-corrected chi connectivity index (χ1v) is 10.7. The molecule has 0 radical (unpaired) electrons. The summed E-state index contributed by atoms with van der Waals surface area (Å²) >= 11 is 0. The third-order valence-electron chi connectivity index (χ3n) is 5.51. The molecule has 4 rings (SSSR count). The number of nitrogens with zero attached hydrogens (tertiary/aromatic N) is 4. The first-order valence-electron chi connectivity index (χ1n) is 10.7. The number of carbonyl (C=O) groups excluding carboxylic acids is 1. The number of aryl methyl sites for hydroxylation is 1. The molecule has 0 atom stereocenters. The Balaban J connectivity index is 1.37. The summed E-state index contributed by atoms with van der Waals surface area (Å²) in [5.74, 6) is 2.16.